The van der Waals surface area contributed by atoms with E-state index in [1.54, 1.807) is 18.4 Å². The molecule has 6 heteroatoms. The van der Waals surface area contributed by atoms with Gasteiger partial charge in [0, 0.05) is 38.2 Å². The molecule has 0 bridgehead atoms. The maximum absolute atomic E-state index is 6.14. The maximum Gasteiger partial charge on any atom is 0.191 e. The molecule has 2 heterocycles. The van der Waals surface area contributed by atoms with E-state index in [-0.39, 0.29) is 0 Å². The fraction of sp³-hybridized carbons (Fsp3) is 0.500. The lowest BCUT2D eigenvalue weighted by atomic mass is 10.1. The summed E-state index contributed by atoms with van der Waals surface area (Å²) >= 11 is 1.74. The van der Waals surface area contributed by atoms with Crippen molar-refractivity contribution in [1.29, 1.82) is 0 Å². The first-order valence-electron chi connectivity index (χ1n) is 9.92. The highest BCUT2D eigenvalue weighted by atomic mass is 32.1. The number of aliphatic imine (C=N–C) groups is 1. The SMILES string of the molecule is CN=C(NCc1ccc(C)cc1OCC1CCOC1)NCC(C)c1ccsc1. The summed E-state index contributed by atoms with van der Waals surface area (Å²) in [7, 11) is 1.80. The van der Waals surface area contributed by atoms with Crippen LogP contribution in [0.15, 0.2) is 40.0 Å². The molecule has 2 atom stereocenters. The summed E-state index contributed by atoms with van der Waals surface area (Å²) in [5, 5.41) is 11.2. The third kappa shape index (κ3) is 5.97. The summed E-state index contributed by atoms with van der Waals surface area (Å²) in [5.74, 6) is 2.69. The van der Waals surface area contributed by atoms with Crippen molar-refractivity contribution in [3.63, 3.8) is 0 Å². The third-order valence-electron chi connectivity index (χ3n) is 5.08. The molecule has 0 radical (unpaired) electrons. The number of aryl methyl sites for hydroxylation is 1. The summed E-state index contributed by atoms with van der Waals surface area (Å²) in [6.45, 7) is 8.19. The highest BCUT2D eigenvalue weighted by Gasteiger charge is 2.17. The average Bonchev–Trinajstić information content (AvgIpc) is 3.41. The Morgan fingerprint density at radius 1 is 1.36 bits per heavy atom. The molecule has 0 spiro atoms. The number of nitrogens with one attached hydrogen (secondary N) is 2. The number of ether oxygens (including phenoxy) is 2. The van der Waals surface area contributed by atoms with Gasteiger partial charge in [-0.2, -0.15) is 11.3 Å². The minimum absolute atomic E-state index is 0.441. The van der Waals surface area contributed by atoms with Crippen molar-refractivity contribution in [1.82, 2.24) is 10.6 Å². The predicted molar refractivity (Wildman–Crippen MR) is 117 cm³/mol. The summed E-state index contributed by atoms with van der Waals surface area (Å²) in [5.41, 5.74) is 3.70. The van der Waals surface area contributed by atoms with Gasteiger partial charge in [0.15, 0.2) is 5.96 Å². The Labute approximate surface area is 172 Å². The number of guanidine groups is 1. The van der Waals surface area contributed by atoms with Gasteiger partial charge in [-0.25, -0.2) is 0 Å². The number of benzene rings is 1. The van der Waals surface area contributed by atoms with Gasteiger partial charge in [-0.3, -0.25) is 4.99 Å². The van der Waals surface area contributed by atoms with Crippen LogP contribution in [0, 0.1) is 12.8 Å². The zero-order chi connectivity index (χ0) is 19.8. The first kappa shape index (κ1) is 20.7. The van der Waals surface area contributed by atoms with Crippen LogP contribution < -0.4 is 15.4 Å². The summed E-state index contributed by atoms with van der Waals surface area (Å²) < 4.78 is 11.6. The van der Waals surface area contributed by atoms with E-state index >= 15 is 0 Å². The molecule has 0 aliphatic carbocycles. The van der Waals surface area contributed by atoms with E-state index in [4.69, 9.17) is 9.47 Å². The molecule has 2 N–H and O–H groups in total. The summed E-state index contributed by atoms with van der Waals surface area (Å²) in [4.78, 5) is 4.35. The molecular formula is C22H31N3O2S. The summed E-state index contributed by atoms with van der Waals surface area (Å²) in [6, 6.07) is 8.54. The van der Waals surface area contributed by atoms with E-state index in [2.05, 4.69) is 64.5 Å². The lowest BCUT2D eigenvalue weighted by Crippen LogP contribution is -2.38. The van der Waals surface area contributed by atoms with Gasteiger partial charge in [0.05, 0.1) is 13.2 Å². The average molecular weight is 402 g/mol. The number of hydrogen-bond donors (Lipinski definition) is 2. The van der Waals surface area contributed by atoms with Crippen molar-refractivity contribution in [2.75, 3.05) is 33.4 Å². The Hall–Kier alpha value is -2.05. The molecule has 3 rings (SSSR count). The monoisotopic (exact) mass is 401 g/mol. The van der Waals surface area contributed by atoms with Gasteiger partial charge in [0.25, 0.3) is 0 Å². The molecular weight excluding hydrogens is 370 g/mol. The van der Waals surface area contributed by atoms with Gasteiger partial charge in [-0.15, -0.1) is 0 Å². The zero-order valence-corrected chi connectivity index (χ0v) is 17.8. The second-order valence-corrected chi connectivity index (χ2v) is 8.20. The van der Waals surface area contributed by atoms with Gasteiger partial charge < -0.3 is 20.1 Å². The fourth-order valence-electron chi connectivity index (χ4n) is 3.19. The molecule has 2 aromatic rings. The molecule has 1 aliphatic heterocycles. The molecule has 1 aliphatic rings. The minimum atomic E-state index is 0.441. The zero-order valence-electron chi connectivity index (χ0n) is 17.0. The van der Waals surface area contributed by atoms with Gasteiger partial charge in [0.1, 0.15) is 5.75 Å². The van der Waals surface area contributed by atoms with Crippen LogP contribution >= 0.6 is 11.3 Å². The van der Waals surface area contributed by atoms with Gasteiger partial charge >= 0.3 is 0 Å². The first-order valence-corrected chi connectivity index (χ1v) is 10.9. The van der Waals surface area contributed by atoms with Crippen LogP contribution in [-0.2, 0) is 11.3 Å². The normalized spacial score (nSPS) is 18.1. The fourth-order valence-corrected chi connectivity index (χ4v) is 3.97. The molecule has 152 valence electrons. The van der Waals surface area contributed by atoms with Crippen LogP contribution in [0.5, 0.6) is 5.75 Å². The number of rotatable bonds is 8. The largest absolute Gasteiger partial charge is 0.493 e. The van der Waals surface area contributed by atoms with Crippen LogP contribution in [0.4, 0.5) is 0 Å². The predicted octanol–water partition coefficient (Wildman–Crippen LogP) is 3.94. The number of nitrogens with zero attached hydrogens (tertiary/aromatic N) is 1. The Morgan fingerprint density at radius 2 is 2.25 bits per heavy atom. The van der Waals surface area contributed by atoms with E-state index in [0.717, 1.165) is 43.5 Å². The summed E-state index contributed by atoms with van der Waals surface area (Å²) in [6.07, 6.45) is 1.08. The van der Waals surface area contributed by atoms with Crippen molar-refractivity contribution >= 4 is 17.3 Å². The highest BCUT2D eigenvalue weighted by molar-refractivity contribution is 7.07. The smallest absolute Gasteiger partial charge is 0.191 e. The molecule has 0 saturated carbocycles. The van der Waals surface area contributed by atoms with Crippen LogP contribution in [0.3, 0.4) is 0 Å². The van der Waals surface area contributed by atoms with E-state index in [1.807, 2.05) is 0 Å². The standard InChI is InChI=1S/C22H31N3O2S/c1-16-4-5-19(21(10-16)27-14-18-6-8-26-13-18)12-25-22(23-3)24-11-17(2)20-7-9-28-15-20/h4-5,7,9-10,15,17-18H,6,8,11-14H2,1-3H3,(H2,23,24,25). The Morgan fingerprint density at radius 3 is 2.96 bits per heavy atom. The van der Waals surface area contributed by atoms with Crippen LogP contribution in [0.1, 0.15) is 36.0 Å². The maximum atomic E-state index is 6.14. The third-order valence-corrected chi connectivity index (χ3v) is 5.78. The molecule has 28 heavy (non-hydrogen) atoms. The van der Waals surface area contributed by atoms with Crippen molar-refractivity contribution in [2.24, 2.45) is 10.9 Å². The number of thiophene rings is 1. The van der Waals surface area contributed by atoms with Crippen molar-refractivity contribution in [3.05, 3.63) is 51.7 Å². The van der Waals surface area contributed by atoms with Crippen molar-refractivity contribution in [3.8, 4) is 5.75 Å². The van der Waals surface area contributed by atoms with E-state index in [1.165, 1.54) is 11.1 Å². The molecule has 5 nitrogen and oxygen atoms in total. The molecule has 1 saturated heterocycles. The quantitative estimate of drug-likeness (QED) is 0.520. The second-order valence-electron chi connectivity index (χ2n) is 7.42. The van der Waals surface area contributed by atoms with E-state index in [0.29, 0.717) is 25.0 Å². The van der Waals surface area contributed by atoms with E-state index < -0.39 is 0 Å². The molecule has 1 aromatic carbocycles. The van der Waals surface area contributed by atoms with E-state index in [9.17, 15) is 0 Å². The highest BCUT2D eigenvalue weighted by Crippen LogP contribution is 2.23. The Bertz CT molecular complexity index is 755. The lowest BCUT2D eigenvalue weighted by Gasteiger charge is -2.18. The van der Waals surface area contributed by atoms with Gasteiger partial charge in [-0.05, 0) is 53.3 Å². The second kappa shape index (κ2) is 10.5. The van der Waals surface area contributed by atoms with Crippen molar-refractivity contribution in [2.45, 2.75) is 32.7 Å². The minimum Gasteiger partial charge on any atom is -0.493 e. The molecule has 1 fully saturated rings. The molecule has 2 unspecified atom stereocenters. The molecule has 1 aromatic heterocycles. The number of hydrogen-bond acceptors (Lipinski definition) is 4. The van der Waals surface area contributed by atoms with Gasteiger partial charge in [0.2, 0.25) is 0 Å². The van der Waals surface area contributed by atoms with Crippen LogP contribution in [-0.4, -0.2) is 39.4 Å². The van der Waals surface area contributed by atoms with Crippen LogP contribution in [0.2, 0.25) is 0 Å². The van der Waals surface area contributed by atoms with Crippen LogP contribution in [0.25, 0.3) is 0 Å². The van der Waals surface area contributed by atoms with Crippen molar-refractivity contribution < 1.29 is 9.47 Å². The Balaban J connectivity index is 1.53. The topological polar surface area (TPSA) is 54.9 Å². The van der Waals surface area contributed by atoms with Gasteiger partial charge in [-0.1, -0.05) is 19.1 Å². The first-order chi connectivity index (χ1) is 13.7. The molecule has 0 amide bonds. The Kier molecular flexibility index (Phi) is 7.74. The lowest BCUT2D eigenvalue weighted by molar-refractivity contribution is 0.166.